The van der Waals surface area contributed by atoms with Gasteiger partial charge < -0.3 is 9.47 Å². The molecule has 0 unspecified atom stereocenters. The number of halogens is 6. The molecule has 14 heteroatoms. The Bertz CT molecular complexity index is 857. The topological polar surface area (TPSA) is 103 Å². The standard InChI is InChI=1S/C11H5Cl6N3.C8H15NO4/c12-10(13,14)8-18-7(6-4-2-1-3-5-6)19-9(20-8)11(15,16)17;1-3-12-7(10)5-9-6-8(11)13-4-2/h1-5H;9H,3-6H2,1-2H3. The van der Waals surface area contributed by atoms with Gasteiger partial charge in [0.2, 0.25) is 7.59 Å². The molecule has 1 heterocycles. The van der Waals surface area contributed by atoms with E-state index in [2.05, 4.69) is 29.7 Å². The second-order valence-electron chi connectivity index (χ2n) is 5.88. The van der Waals surface area contributed by atoms with Crippen LogP contribution in [0.4, 0.5) is 0 Å². The van der Waals surface area contributed by atoms with Crippen molar-refractivity contribution in [2.24, 2.45) is 0 Å². The molecule has 33 heavy (non-hydrogen) atoms. The van der Waals surface area contributed by atoms with E-state index in [1.807, 2.05) is 18.2 Å². The summed E-state index contributed by atoms with van der Waals surface area (Å²) in [5.41, 5.74) is 0.681. The van der Waals surface area contributed by atoms with Crippen LogP contribution in [0.5, 0.6) is 0 Å². The van der Waals surface area contributed by atoms with Crippen molar-refractivity contribution < 1.29 is 19.1 Å². The van der Waals surface area contributed by atoms with Gasteiger partial charge in [-0.1, -0.05) is 99.9 Å². The summed E-state index contributed by atoms with van der Waals surface area (Å²) in [5, 5.41) is 2.61. The fourth-order valence-electron chi connectivity index (χ4n) is 2.04. The molecular weight excluding hydrogens is 561 g/mol. The number of hydrogen-bond donors (Lipinski definition) is 1. The van der Waals surface area contributed by atoms with Crippen LogP contribution < -0.4 is 5.32 Å². The Labute approximate surface area is 221 Å². The predicted molar refractivity (Wildman–Crippen MR) is 130 cm³/mol. The van der Waals surface area contributed by atoms with Crippen molar-refractivity contribution in [3.8, 4) is 11.4 Å². The van der Waals surface area contributed by atoms with Crippen LogP contribution in [0, 0.1) is 0 Å². The van der Waals surface area contributed by atoms with Crippen molar-refractivity contribution in [2.75, 3.05) is 26.3 Å². The molecule has 0 atom stereocenters. The Kier molecular flexibility index (Phi) is 13.0. The molecular formula is C19H20Cl6N4O4. The highest BCUT2D eigenvalue weighted by molar-refractivity contribution is 6.67. The van der Waals surface area contributed by atoms with Gasteiger partial charge in [0.15, 0.2) is 17.5 Å². The lowest BCUT2D eigenvalue weighted by molar-refractivity contribution is -0.143. The molecule has 0 bridgehead atoms. The Morgan fingerprint density at radius 2 is 1.21 bits per heavy atom. The van der Waals surface area contributed by atoms with E-state index >= 15 is 0 Å². The minimum Gasteiger partial charge on any atom is -0.465 e. The summed E-state index contributed by atoms with van der Waals surface area (Å²) in [6.45, 7) is 4.21. The van der Waals surface area contributed by atoms with Gasteiger partial charge >= 0.3 is 11.9 Å². The van der Waals surface area contributed by atoms with Crippen LogP contribution in [0.15, 0.2) is 30.3 Å². The lowest BCUT2D eigenvalue weighted by Gasteiger charge is -2.15. The first-order valence-electron chi connectivity index (χ1n) is 9.36. The van der Waals surface area contributed by atoms with Gasteiger partial charge in [-0.25, -0.2) is 15.0 Å². The highest BCUT2D eigenvalue weighted by Gasteiger charge is 2.33. The van der Waals surface area contributed by atoms with E-state index in [1.54, 1.807) is 26.0 Å². The Balaban J connectivity index is 0.000000366. The lowest BCUT2D eigenvalue weighted by Crippen LogP contribution is -2.30. The van der Waals surface area contributed by atoms with Gasteiger partial charge in [0.25, 0.3) is 0 Å². The monoisotopic (exact) mass is 578 g/mol. The minimum atomic E-state index is -1.85. The fourth-order valence-corrected chi connectivity index (χ4v) is 2.54. The van der Waals surface area contributed by atoms with Crippen molar-refractivity contribution >= 4 is 81.5 Å². The summed E-state index contributed by atoms with van der Waals surface area (Å²) < 4.78 is 5.56. The summed E-state index contributed by atoms with van der Waals surface area (Å²) in [6.07, 6.45) is 0. The zero-order valence-corrected chi connectivity index (χ0v) is 22.0. The average molecular weight is 581 g/mol. The number of nitrogens with one attached hydrogen (secondary N) is 1. The van der Waals surface area contributed by atoms with Gasteiger partial charge in [-0.15, -0.1) is 0 Å². The summed E-state index contributed by atoms with van der Waals surface area (Å²) in [6, 6.07) is 9.02. The summed E-state index contributed by atoms with van der Waals surface area (Å²) in [5.74, 6) is -0.711. The maximum atomic E-state index is 10.7. The number of alkyl halides is 6. The maximum Gasteiger partial charge on any atom is 0.319 e. The van der Waals surface area contributed by atoms with Crippen molar-refractivity contribution in [3.63, 3.8) is 0 Å². The molecule has 1 N–H and O–H groups in total. The second-order valence-corrected chi connectivity index (χ2v) is 10.4. The zero-order chi connectivity index (χ0) is 25.1. The smallest absolute Gasteiger partial charge is 0.319 e. The molecule has 8 nitrogen and oxygen atoms in total. The van der Waals surface area contributed by atoms with Crippen LogP contribution >= 0.6 is 69.6 Å². The molecule has 0 spiro atoms. The number of carbonyl (C=O) groups is 2. The van der Waals surface area contributed by atoms with Crippen LogP contribution in [0.3, 0.4) is 0 Å². The number of ether oxygens (including phenoxy) is 2. The van der Waals surface area contributed by atoms with Crippen LogP contribution in [0.1, 0.15) is 25.5 Å². The fraction of sp³-hybridized carbons (Fsp3) is 0.421. The molecule has 0 saturated heterocycles. The molecule has 0 aliphatic heterocycles. The summed E-state index contributed by atoms with van der Waals surface area (Å²) in [4.78, 5) is 33.6. The van der Waals surface area contributed by atoms with Crippen LogP contribution in [-0.4, -0.2) is 53.2 Å². The third-order valence-corrected chi connectivity index (χ3v) is 4.34. The first-order chi connectivity index (χ1) is 15.4. The van der Waals surface area contributed by atoms with Gasteiger partial charge in [-0.3, -0.25) is 14.9 Å². The minimum absolute atomic E-state index is 0.0344. The van der Waals surface area contributed by atoms with E-state index in [1.165, 1.54) is 0 Å². The molecule has 0 saturated carbocycles. The molecule has 0 fully saturated rings. The molecule has 1 aromatic carbocycles. The first kappa shape index (κ1) is 29.9. The number of carbonyl (C=O) groups excluding carboxylic acids is 2. The van der Waals surface area contributed by atoms with E-state index < -0.39 is 7.59 Å². The van der Waals surface area contributed by atoms with Gasteiger partial charge in [0.1, 0.15) is 0 Å². The number of esters is 2. The van der Waals surface area contributed by atoms with Crippen LogP contribution in [0.25, 0.3) is 11.4 Å². The van der Waals surface area contributed by atoms with Crippen molar-refractivity contribution in [3.05, 3.63) is 42.0 Å². The Morgan fingerprint density at radius 3 is 1.58 bits per heavy atom. The predicted octanol–water partition coefficient (Wildman–Crippen LogP) is 4.89. The number of rotatable bonds is 7. The molecule has 1 aromatic heterocycles. The number of benzene rings is 1. The molecule has 2 rings (SSSR count). The van der Waals surface area contributed by atoms with E-state index in [9.17, 15) is 9.59 Å². The molecule has 182 valence electrons. The van der Waals surface area contributed by atoms with Crippen molar-refractivity contribution in [1.82, 2.24) is 20.3 Å². The average Bonchev–Trinajstić information content (AvgIpc) is 2.74. The molecule has 0 radical (unpaired) electrons. The highest BCUT2D eigenvalue weighted by atomic mass is 35.6. The second kappa shape index (κ2) is 14.3. The van der Waals surface area contributed by atoms with Crippen LogP contribution in [-0.2, 0) is 26.6 Å². The maximum absolute atomic E-state index is 10.7. The van der Waals surface area contributed by atoms with Gasteiger partial charge in [0, 0.05) is 5.56 Å². The molecule has 0 amide bonds. The zero-order valence-electron chi connectivity index (χ0n) is 17.5. The Hall–Kier alpha value is -1.13. The lowest BCUT2D eigenvalue weighted by atomic mass is 10.2. The van der Waals surface area contributed by atoms with E-state index in [0.717, 1.165) is 0 Å². The van der Waals surface area contributed by atoms with Crippen molar-refractivity contribution in [2.45, 2.75) is 21.4 Å². The SMILES string of the molecule is CCOC(=O)CNCC(=O)OCC.ClC(Cl)(Cl)c1nc(-c2ccccc2)nc(C(Cl)(Cl)Cl)n1. The third-order valence-electron chi connectivity index (χ3n) is 3.32. The van der Waals surface area contributed by atoms with E-state index in [-0.39, 0.29) is 42.5 Å². The number of hydrogen-bond acceptors (Lipinski definition) is 8. The normalized spacial score (nSPS) is 11.3. The molecule has 0 aliphatic carbocycles. The highest BCUT2D eigenvalue weighted by Crippen LogP contribution is 2.40. The van der Waals surface area contributed by atoms with Crippen LogP contribution in [0.2, 0.25) is 0 Å². The van der Waals surface area contributed by atoms with E-state index in [0.29, 0.717) is 18.8 Å². The summed E-state index contributed by atoms with van der Waals surface area (Å²) in [7, 11) is 0. The van der Waals surface area contributed by atoms with Gasteiger partial charge in [-0.05, 0) is 13.8 Å². The Morgan fingerprint density at radius 1 is 0.788 bits per heavy atom. The summed E-state index contributed by atoms with van der Waals surface area (Å²) >= 11 is 34.7. The third kappa shape index (κ3) is 11.7. The molecule has 0 aliphatic rings. The van der Waals surface area contributed by atoms with Gasteiger partial charge in [0.05, 0.1) is 26.3 Å². The van der Waals surface area contributed by atoms with Gasteiger partial charge in [-0.2, -0.15) is 0 Å². The number of aromatic nitrogens is 3. The number of nitrogens with zero attached hydrogens (tertiary/aromatic N) is 3. The molecule has 2 aromatic rings. The van der Waals surface area contributed by atoms with Crippen molar-refractivity contribution in [1.29, 1.82) is 0 Å². The largest absolute Gasteiger partial charge is 0.465 e. The first-order valence-corrected chi connectivity index (χ1v) is 11.6. The quantitative estimate of drug-likeness (QED) is 0.365. The van der Waals surface area contributed by atoms with E-state index in [4.69, 9.17) is 69.6 Å².